The first-order valence-electron chi connectivity index (χ1n) is 7.01. The Bertz CT molecular complexity index is 710. The minimum atomic E-state index is -0.253. The summed E-state index contributed by atoms with van der Waals surface area (Å²) in [5.74, 6) is 1.68. The van der Waals surface area contributed by atoms with Crippen LogP contribution < -0.4 is 19.5 Å². The molecule has 0 saturated heterocycles. The zero-order valence-corrected chi connectivity index (χ0v) is 13.3. The number of ether oxygens (including phenoxy) is 3. The summed E-state index contributed by atoms with van der Waals surface area (Å²) in [6, 6.07) is 12.6. The third kappa shape index (κ3) is 4.51. The molecule has 0 aliphatic rings. The lowest BCUT2D eigenvalue weighted by atomic mass is 10.2. The number of amides is 1. The minimum absolute atomic E-state index is 0.253. The van der Waals surface area contributed by atoms with Crippen LogP contribution in [-0.4, -0.2) is 27.2 Å². The fourth-order valence-electron chi connectivity index (χ4n) is 1.99. The maximum absolute atomic E-state index is 12.0. The van der Waals surface area contributed by atoms with Crippen LogP contribution in [0.1, 0.15) is 5.56 Å². The molecule has 5 heteroatoms. The number of carbonyl (C=O) groups excluding carboxylic acids is 1. The Morgan fingerprint density at radius 1 is 0.957 bits per heavy atom. The first-order valence-corrected chi connectivity index (χ1v) is 7.01. The molecule has 5 nitrogen and oxygen atoms in total. The van der Waals surface area contributed by atoms with E-state index in [1.54, 1.807) is 38.5 Å². The van der Waals surface area contributed by atoms with E-state index in [9.17, 15) is 4.79 Å². The molecule has 0 heterocycles. The van der Waals surface area contributed by atoms with Crippen molar-refractivity contribution in [1.82, 2.24) is 0 Å². The molecule has 2 aromatic carbocycles. The quantitative estimate of drug-likeness (QED) is 0.831. The van der Waals surface area contributed by atoms with E-state index in [1.807, 2.05) is 24.3 Å². The molecule has 0 atom stereocenters. The third-order valence-corrected chi connectivity index (χ3v) is 3.19. The number of carbonyl (C=O) groups is 1. The molecule has 0 aliphatic carbocycles. The molecule has 2 rings (SSSR count). The highest BCUT2D eigenvalue weighted by Crippen LogP contribution is 2.29. The largest absolute Gasteiger partial charge is 0.497 e. The van der Waals surface area contributed by atoms with Gasteiger partial charge in [0, 0.05) is 12.1 Å². The molecule has 1 amide bonds. The van der Waals surface area contributed by atoms with Gasteiger partial charge in [-0.25, -0.2) is 0 Å². The van der Waals surface area contributed by atoms with Gasteiger partial charge in [-0.3, -0.25) is 4.79 Å². The van der Waals surface area contributed by atoms with E-state index in [2.05, 4.69) is 5.32 Å². The minimum Gasteiger partial charge on any atom is -0.497 e. The summed E-state index contributed by atoms with van der Waals surface area (Å²) in [5, 5.41) is 2.77. The molecule has 23 heavy (non-hydrogen) atoms. The standard InChI is InChI=1S/C18H19NO4/c1-21-14-6-4-5-13(11-14)7-10-18(20)19-16-9-8-15(22-2)12-17(16)23-3/h4-12H,1-3H3,(H,19,20)/b10-7+. The Morgan fingerprint density at radius 3 is 2.39 bits per heavy atom. The fourth-order valence-corrected chi connectivity index (χ4v) is 1.99. The fraction of sp³-hybridized carbons (Fsp3) is 0.167. The van der Waals surface area contributed by atoms with Crippen LogP contribution in [0.25, 0.3) is 6.08 Å². The van der Waals surface area contributed by atoms with Gasteiger partial charge in [0.1, 0.15) is 17.2 Å². The van der Waals surface area contributed by atoms with Crippen molar-refractivity contribution in [2.45, 2.75) is 0 Å². The van der Waals surface area contributed by atoms with E-state index in [0.717, 1.165) is 11.3 Å². The lowest BCUT2D eigenvalue weighted by Crippen LogP contribution is -2.09. The molecule has 0 radical (unpaired) electrons. The van der Waals surface area contributed by atoms with Gasteiger partial charge >= 0.3 is 0 Å². The van der Waals surface area contributed by atoms with Crippen molar-refractivity contribution in [3.8, 4) is 17.2 Å². The predicted molar refractivity (Wildman–Crippen MR) is 90.2 cm³/mol. The second-order valence-corrected chi connectivity index (χ2v) is 4.67. The highest BCUT2D eigenvalue weighted by atomic mass is 16.5. The summed E-state index contributed by atoms with van der Waals surface area (Å²) in [6.45, 7) is 0. The van der Waals surface area contributed by atoms with Gasteiger partial charge in [-0.1, -0.05) is 12.1 Å². The molecule has 0 saturated carbocycles. The van der Waals surface area contributed by atoms with E-state index in [-0.39, 0.29) is 5.91 Å². The highest BCUT2D eigenvalue weighted by molar-refractivity contribution is 6.02. The average molecular weight is 313 g/mol. The van der Waals surface area contributed by atoms with Crippen LogP contribution in [0.15, 0.2) is 48.5 Å². The molecule has 0 aromatic heterocycles. The first kappa shape index (κ1) is 16.4. The van der Waals surface area contributed by atoms with Crippen molar-refractivity contribution in [3.05, 3.63) is 54.1 Å². The van der Waals surface area contributed by atoms with Gasteiger partial charge in [-0.05, 0) is 35.9 Å². The van der Waals surface area contributed by atoms with E-state index < -0.39 is 0 Å². The number of hydrogen-bond donors (Lipinski definition) is 1. The molecular formula is C18H19NO4. The van der Waals surface area contributed by atoms with Crippen molar-refractivity contribution in [2.24, 2.45) is 0 Å². The van der Waals surface area contributed by atoms with Crippen LogP contribution in [-0.2, 0) is 4.79 Å². The molecule has 120 valence electrons. The predicted octanol–water partition coefficient (Wildman–Crippen LogP) is 3.36. The highest BCUT2D eigenvalue weighted by Gasteiger charge is 2.07. The van der Waals surface area contributed by atoms with Crippen LogP contribution in [0, 0.1) is 0 Å². The van der Waals surface area contributed by atoms with E-state index in [1.165, 1.54) is 13.2 Å². The molecule has 0 bridgehead atoms. The lowest BCUT2D eigenvalue weighted by molar-refractivity contribution is -0.111. The second-order valence-electron chi connectivity index (χ2n) is 4.67. The van der Waals surface area contributed by atoms with Crippen molar-refractivity contribution >= 4 is 17.7 Å². The van der Waals surface area contributed by atoms with Gasteiger partial charge in [-0.15, -0.1) is 0 Å². The zero-order chi connectivity index (χ0) is 16.7. The molecule has 0 unspecified atom stereocenters. The van der Waals surface area contributed by atoms with Gasteiger partial charge in [0.25, 0.3) is 0 Å². The molecule has 1 N–H and O–H groups in total. The van der Waals surface area contributed by atoms with Crippen LogP contribution in [0.4, 0.5) is 5.69 Å². The van der Waals surface area contributed by atoms with Crippen LogP contribution in [0.3, 0.4) is 0 Å². The monoisotopic (exact) mass is 313 g/mol. The summed E-state index contributed by atoms with van der Waals surface area (Å²) in [7, 11) is 4.71. The second kappa shape index (κ2) is 7.89. The summed E-state index contributed by atoms with van der Waals surface area (Å²) >= 11 is 0. The normalized spacial score (nSPS) is 10.4. The summed E-state index contributed by atoms with van der Waals surface area (Å²) in [4.78, 5) is 12.0. The number of methoxy groups -OCH3 is 3. The lowest BCUT2D eigenvalue weighted by Gasteiger charge is -2.10. The Hall–Kier alpha value is -2.95. The Kier molecular flexibility index (Phi) is 5.63. The maximum Gasteiger partial charge on any atom is 0.248 e. The van der Waals surface area contributed by atoms with Crippen LogP contribution >= 0.6 is 0 Å². The van der Waals surface area contributed by atoms with Crippen molar-refractivity contribution in [2.75, 3.05) is 26.6 Å². The van der Waals surface area contributed by atoms with Crippen molar-refractivity contribution < 1.29 is 19.0 Å². The topological polar surface area (TPSA) is 56.8 Å². The maximum atomic E-state index is 12.0. The van der Waals surface area contributed by atoms with Crippen LogP contribution in [0.2, 0.25) is 0 Å². The Morgan fingerprint density at radius 2 is 1.70 bits per heavy atom. The number of hydrogen-bond acceptors (Lipinski definition) is 4. The number of rotatable bonds is 6. The van der Waals surface area contributed by atoms with E-state index in [0.29, 0.717) is 17.2 Å². The number of nitrogens with one attached hydrogen (secondary N) is 1. The SMILES string of the molecule is COc1cccc(/C=C/C(=O)Nc2ccc(OC)cc2OC)c1. The number of benzene rings is 2. The Balaban J connectivity index is 2.08. The molecule has 2 aromatic rings. The van der Waals surface area contributed by atoms with Crippen LogP contribution in [0.5, 0.6) is 17.2 Å². The molecule has 0 fully saturated rings. The third-order valence-electron chi connectivity index (χ3n) is 3.19. The van der Waals surface area contributed by atoms with Gasteiger partial charge in [0.05, 0.1) is 27.0 Å². The van der Waals surface area contributed by atoms with E-state index in [4.69, 9.17) is 14.2 Å². The molecule has 0 spiro atoms. The summed E-state index contributed by atoms with van der Waals surface area (Å²) in [6.07, 6.45) is 3.17. The summed E-state index contributed by atoms with van der Waals surface area (Å²) in [5.41, 5.74) is 1.45. The number of anilines is 1. The van der Waals surface area contributed by atoms with Gasteiger partial charge in [0.2, 0.25) is 5.91 Å². The van der Waals surface area contributed by atoms with Crippen molar-refractivity contribution in [1.29, 1.82) is 0 Å². The average Bonchev–Trinajstić information content (AvgIpc) is 2.60. The Labute approximate surface area is 135 Å². The first-order chi connectivity index (χ1) is 11.2. The van der Waals surface area contributed by atoms with Crippen molar-refractivity contribution in [3.63, 3.8) is 0 Å². The zero-order valence-electron chi connectivity index (χ0n) is 13.3. The summed E-state index contributed by atoms with van der Waals surface area (Å²) < 4.78 is 15.5. The van der Waals surface area contributed by atoms with Gasteiger partial charge in [0.15, 0.2) is 0 Å². The van der Waals surface area contributed by atoms with E-state index >= 15 is 0 Å². The molecular weight excluding hydrogens is 294 g/mol. The van der Waals surface area contributed by atoms with Gasteiger partial charge in [-0.2, -0.15) is 0 Å². The van der Waals surface area contributed by atoms with Gasteiger partial charge < -0.3 is 19.5 Å². The smallest absolute Gasteiger partial charge is 0.248 e. The molecule has 0 aliphatic heterocycles.